The van der Waals surface area contributed by atoms with Crippen molar-refractivity contribution in [3.05, 3.63) is 23.8 Å². The molecular weight excluding hydrogens is 304 g/mol. The Bertz CT molecular complexity index is 615. The van der Waals surface area contributed by atoms with Crippen LogP contribution in [0, 0.1) is 5.92 Å². The summed E-state index contributed by atoms with van der Waals surface area (Å²) >= 11 is 0. The summed E-state index contributed by atoms with van der Waals surface area (Å²) in [7, 11) is 0. The van der Waals surface area contributed by atoms with E-state index in [1.54, 1.807) is 12.1 Å². The van der Waals surface area contributed by atoms with Crippen LogP contribution in [0.1, 0.15) is 48.9 Å². The van der Waals surface area contributed by atoms with E-state index in [-0.39, 0.29) is 17.7 Å². The fourth-order valence-electron chi connectivity index (χ4n) is 4.01. The number of benzene rings is 1. The Morgan fingerprint density at radius 2 is 1.96 bits per heavy atom. The summed E-state index contributed by atoms with van der Waals surface area (Å²) in [5, 5.41) is 13.1. The molecule has 0 aromatic heterocycles. The molecule has 1 saturated carbocycles. The van der Waals surface area contributed by atoms with Crippen molar-refractivity contribution in [3.63, 3.8) is 0 Å². The zero-order valence-electron chi connectivity index (χ0n) is 14.0. The predicted octanol–water partition coefficient (Wildman–Crippen LogP) is 2.54. The van der Waals surface area contributed by atoms with E-state index in [0.29, 0.717) is 29.9 Å². The SMILES string of the molecule is O=C(NC1CCCN2CCCC12)c1cc(O)cc(OCC2CC2)c1. The Morgan fingerprint density at radius 3 is 2.75 bits per heavy atom. The lowest BCUT2D eigenvalue weighted by Crippen LogP contribution is -2.52. The zero-order valence-corrected chi connectivity index (χ0v) is 14.0. The first-order chi connectivity index (χ1) is 11.7. The molecule has 0 bridgehead atoms. The Morgan fingerprint density at radius 1 is 1.17 bits per heavy atom. The molecule has 0 spiro atoms. The summed E-state index contributed by atoms with van der Waals surface area (Å²) in [6.45, 7) is 2.98. The van der Waals surface area contributed by atoms with E-state index in [1.165, 1.54) is 31.7 Å². The summed E-state index contributed by atoms with van der Waals surface area (Å²) in [6, 6.07) is 5.54. The van der Waals surface area contributed by atoms with Gasteiger partial charge in [0.1, 0.15) is 11.5 Å². The molecule has 2 unspecified atom stereocenters. The van der Waals surface area contributed by atoms with Gasteiger partial charge in [0.05, 0.1) is 6.61 Å². The molecule has 2 saturated heterocycles. The van der Waals surface area contributed by atoms with Crippen molar-refractivity contribution < 1.29 is 14.6 Å². The van der Waals surface area contributed by atoms with Gasteiger partial charge in [0.2, 0.25) is 0 Å². The van der Waals surface area contributed by atoms with Crippen molar-refractivity contribution in [3.8, 4) is 11.5 Å². The number of phenolic OH excluding ortho intramolecular Hbond substituents is 1. The fourth-order valence-corrected chi connectivity index (χ4v) is 4.01. The van der Waals surface area contributed by atoms with E-state index in [0.717, 1.165) is 25.9 Å². The highest BCUT2D eigenvalue weighted by molar-refractivity contribution is 5.95. The van der Waals surface area contributed by atoms with Crippen LogP contribution in [0.15, 0.2) is 18.2 Å². The van der Waals surface area contributed by atoms with Crippen LogP contribution in [-0.2, 0) is 0 Å². The highest BCUT2D eigenvalue weighted by Crippen LogP contribution is 2.31. The Labute approximate surface area is 143 Å². The van der Waals surface area contributed by atoms with Crippen LogP contribution < -0.4 is 10.1 Å². The smallest absolute Gasteiger partial charge is 0.251 e. The van der Waals surface area contributed by atoms with E-state index in [9.17, 15) is 9.90 Å². The number of nitrogens with zero attached hydrogens (tertiary/aromatic N) is 1. The highest BCUT2D eigenvalue weighted by Gasteiger charge is 2.35. The molecule has 3 aliphatic rings. The average molecular weight is 330 g/mol. The molecule has 5 nitrogen and oxygen atoms in total. The summed E-state index contributed by atoms with van der Waals surface area (Å²) in [6.07, 6.45) is 6.99. The lowest BCUT2D eigenvalue weighted by atomic mass is 9.96. The zero-order chi connectivity index (χ0) is 16.5. The fraction of sp³-hybridized carbons (Fsp3) is 0.632. The second kappa shape index (κ2) is 6.63. The minimum Gasteiger partial charge on any atom is -0.508 e. The molecule has 130 valence electrons. The number of carbonyl (C=O) groups excluding carboxylic acids is 1. The van der Waals surface area contributed by atoms with Gasteiger partial charge in [-0.05, 0) is 69.7 Å². The molecule has 4 rings (SSSR count). The number of hydrogen-bond donors (Lipinski definition) is 2. The number of amides is 1. The number of piperidine rings is 1. The second-order valence-electron chi connectivity index (χ2n) is 7.44. The van der Waals surface area contributed by atoms with E-state index < -0.39 is 0 Å². The number of carbonyl (C=O) groups is 1. The van der Waals surface area contributed by atoms with Gasteiger partial charge >= 0.3 is 0 Å². The van der Waals surface area contributed by atoms with E-state index >= 15 is 0 Å². The van der Waals surface area contributed by atoms with Gasteiger partial charge in [0.15, 0.2) is 0 Å². The van der Waals surface area contributed by atoms with Gasteiger partial charge in [-0.1, -0.05) is 0 Å². The maximum Gasteiger partial charge on any atom is 0.251 e. The first-order valence-electron chi connectivity index (χ1n) is 9.21. The number of hydrogen-bond acceptors (Lipinski definition) is 4. The standard InChI is InChI=1S/C19H26N2O3/c22-15-9-14(10-16(11-15)24-12-13-5-6-13)19(23)20-17-3-1-7-21-8-2-4-18(17)21/h9-11,13,17-18,22H,1-8,12H2,(H,20,23). The molecule has 5 heteroatoms. The molecule has 0 radical (unpaired) electrons. The Kier molecular flexibility index (Phi) is 4.35. The maximum absolute atomic E-state index is 12.7. The number of fused-ring (bicyclic) bond motifs is 1. The van der Waals surface area contributed by atoms with Crippen LogP contribution >= 0.6 is 0 Å². The average Bonchev–Trinajstić information content (AvgIpc) is 3.27. The Hall–Kier alpha value is -1.75. The molecule has 1 aromatic carbocycles. The molecule has 3 fully saturated rings. The lowest BCUT2D eigenvalue weighted by Gasteiger charge is -2.37. The molecule has 1 aliphatic carbocycles. The summed E-state index contributed by atoms with van der Waals surface area (Å²) in [4.78, 5) is 15.2. The first kappa shape index (κ1) is 15.8. The molecule has 2 aliphatic heterocycles. The van der Waals surface area contributed by atoms with Crippen molar-refractivity contribution in [1.29, 1.82) is 0 Å². The molecule has 2 N–H and O–H groups in total. The topological polar surface area (TPSA) is 61.8 Å². The predicted molar refractivity (Wildman–Crippen MR) is 91.4 cm³/mol. The first-order valence-corrected chi connectivity index (χ1v) is 9.21. The quantitative estimate of drug-likeness (QED) is 0.871. The van der Waals surface area contributed by atoms with Crippen LogP contribution in [0.2, 0.25) is 0 Å². The number of rotatable bonds is 5. The normalized spacial score (nSPS) is 26.8. The molecule has 2 heterocycles. The molecule has 1 aromatic rings. The van der Waals surface area contributed by atoms with Crippen LogP contribution in [0.3, 0.4) is 0 Å². The monoisotopic (exact) mass is 330 g/mol. The summed E-state index contributed by atoms with van der Waals surface area (Å²) in [5.74, 6) is 1.19. The van der Waals surface area contributed by atoms with Gasteiger partial charge in [-0.15, -0.1) is 0 Å². The molecule has 2 atom stereocenters. The van der Waals surface area contributed by atoms with Gasteiger partial charge in [0, 0.05) is 23.7 Å². The van der Waals surface area contributed by atoms with Crippen molar-refractivity contribution in [1.82, 2.24) is 10.2 Å². The third kappa shape index (κ3) is 3.51. The van der Waals surface area contributed by atoms with Gasteiger partial charge in [-0.3, -0.25) is 9.69 Å². The van der Waals surface area contributed by atoms with Crippen LogP contribution in [0.25, 0.3) is 0 Å². The van der Waals surface area contributed by atoms with E-state index in [4.69, 9.17) is 4.74 Å². The maximum atomic E-state index is 12.7. The number of aromatic hydroxyl groups is 1. The molecule has 1 amide bonds. The van der Waals surface area contributed by atoms with Crippen molar-refractivity contribution in [2.24, 2.45) is 5.92 Å². The molecular formula is C19H26N2O3. The molecule has 24 heavy (non-hydrogen) atoms. The highest BCUT2D eigenvalue weighted by atomic mass is 16.5. The third-order valence-corrected chi connectivity index (χ3v) is 5.49. The number of ether oxygens (including phenoxy) is 1. The minimum absolute atomic E-state index is 0.0829. The minimum atomic E-state index is -0.110. The van der Waals surface area contributed by atoms with Crippen LogP contribution in [0.5, 0.6) is 11.5 Å². The van der Waals surface area contributed by atoms with Gasteiger partial charge in [0.25, 0.3) is 5.91 Å². The third-order valence-electron chi connectivity index (χ3n) is 5.49. The van der Waals surface area contributed by atoms with Crippen molar-refractivity contribution in [2.75, 3.05) is 19.7 Å². The Balaban J connectivity index is 1.43. The van der Waals surface area contributed by atoms with Gasteiger partial charge in [-0.2, -0.15) is 0 Å². The second-order valence-corrected chi connectivity index (χ2v) is 7.44. The number of phenols is 1. The lowest BCUT2D eigenvalue weighted by molar-refractivity contribution is 0.0867. The van der Waals surface area contributed by atoms with Crippen molar-refractivity contribution in [2.45, 2.75) is 50.6 Å². The largest absolute Gasteiger partial charge is 0.508 e. The van der Waals surface area contributed by atoms with Crippen LogP contribution in [0.4, 0.5) is 0 Å². The summed E-state index contributed by atoms with van der Waals surface area (Å²) < 4.78 is 5.71. The van der Waals surface area contributed by atoms with E-state index in [1.807, 2.05) is 0 Å². The number of nitrogens with one attached hydrogen (secondary N) is 1. The summed E-state index contributed by atoms with van der Waals surface area (Å²) in [5.41, 5.74) is 0.482. The van der Waals surface area contributed by atoms with E-state index in [2.05, 4.69) is 10.2 Å². The van der Waals surface area contributed by atoms with Gasteiger partial charge < -0.3 is 15.2 Å². The van der Waals surface area contributed by atoms with Crippen LogP contribution in [-0.4, -0.2) is 47.7 Å². The van der Waals surface area contributed by atoms with Gasteiger partial charge in [-0.25, -0.2) is 0 Å². The van der Waals surface area contributed by atoms with Crippen molar-refractivity contribution >= 4 is 5.91 Å².